The van der Waals surface area contributed by atoms with Gasteiger partial charge in [0.2, 0.25) is 12.0 Å². The topological polar surface area (TPSA) is 67.9 Å². The lowest BCUT2D eigenvalue weighted by molar-refractivity contribution is -0.144. The minimum absolute atomic E-state index is 0.0650. The number of ether oxygens (including phenoxy) is 2. The smallest absolute Gasteiger partial charge is 0.267 e. The third-order valence-electron chi connectivity index (χ3n) is 5.22. The maximum Gasteiger partial charge on any atom is 0.267 e. The van der Waals surface area contributed by atoms with Crippen LogP contribution in [0.25, 0.3) is 0 Å². The molecule has 0 saturated carbocycles. The number of fused-ring (bicyclic) bond motifs is 1. The Hall–Kier alpha value is -2.24. The molecule has 148 valence electrons. The maximum absolute atomic E-state index is 12.9. The summed E-state index contributed by atoms with van der Waals surface area (Å²) in [4.78, 5) is 27.0. The van der Waals surface area contributed by atoms with Crippen LogP contribution in [0.4, 0.5) is 0 Å². The second-order valence-corrected chi connectivity index (χ2v) is 7.34. The van der Waals surface area contributed by atoms with Gasteiger partial charge in [0, 0.05) is 19.6 Å². The van der Waals surface area contributed by atoms with Crippen molar-refractivity contribution in [2.75, 3.05) is 26.2 Å². The Morgan fingerprint density at radius 2 is 2.00 bits per heavy atom. The molecular weight excluding hydrogens is 344 g/mol. The third kappa shape index (κ3) is 5.15. The SMILES string of the molecule is CCCCCCNC(=O)C1CCCN(C(=O)C2COc3ccccc3O2)C1. The average molecular weight is 374 g/mol. The van der Waals surface area contributed by atoms with Gasteiger partial charge in [-0.05, 0) is 31.4 Å². The fourth-order valence-corrected chi connectivity index (χ4v) is 3.64. The Morgan fingerprint density at radius 3 is 2.81 bits per heavy atom. The van der Waals surface area contributed by atoms with E-state index in [9.17, 15) is 9.59 Å². The first-order chi connectivity index (χ1) is 13.2. The highest BCUT2D eigenvalue weighted by atomic mass is 16.6. The van der Waals surface area contributed by atoms with Crippen LogP contribution in [0.15, 0.2) is 24.3 Å². The van der Waals surface area contributed by atoms with Crippen molar-refractivity contribution in [3.8, 4) is 11.5 Å². The van der Waals surface area contributed by atoms with Crippen LogP contribution in [0.1, 0.15) is 45.4 Å². The molecule has 2 amide bonds. The van der Waals surface area contributed by atoms with Crippen molar-refractivity contribution in [1.29, 1.82) is 0 Å². The first kappa shape index (κ1) is 19.5. The highest BCUT2D eigenvalue weighted by Gasteiger charge is 2.35. The molecule has 6 nitrogen and oxygen atoms in total. The molecule has 1 saturated heterocycles. The van der Waals surface area contributed by atoms with Gasteiger partial charge in [0.05, 0.1) is 5.92 Å². The summed E-state index contributed by atoms with van der Waals surface area (Å²) in [6.07, 6.45) is 5.57. The van der Waals surface area contributed by atoms with Crippen LogP contribution < -0.4 is 14.8 Å². The predicted molar refractivity (Wildman–Crippen MR) is 103 cm³/mol. The largest absolute Gasteiger partial charge is 0.485 e. The molecule has 0 radical (unpaired) electrons. The molecule has 2 aliphatic rings. The standard InChI is InChI=1S/C21H30N2O4/c1-2-3-4-7-12-22-20(24)16-9-8-13-23(14-16)21(25)19-15-26-17-10-5-6-11-18(17)27-19/h5-6,10-11,16,19H,2-4,7-9,12-15H2,1H3,(H,22,24). The summed E-state index contributed by atoms with van der Waals surface area (Å²) >= 11 is 0. The van der Waals surface area contributed by atoms with E-state index in [2.05, 4.69) is 12.2 Å². The summed E-state index contributed by atoms with van der Waals surface area (Å²) < 4.78 is 11.5. The van der Waals surface area contributed by atoms with E-state index < -0.39 is 6.10 Å². The summed E-state index contributed by atoms with van der Waals surface area (Å²) in [5.41, 5.74) is 0. The Kier molecular flexibility index (Phi) is 6.96. The van der Waals surface area contributed by atoms with Crippen LogP contribution in [-0.2, 0) is 9.59 Å². The average Bonchev–Trinajstić information content (AvgIpc) is 2.72. The van der Waals surface area contributed by atoms with Gasteiger partial charge >= 0.3 is 0 Å². The van der Waals surface area contributed by atoms with Crippen LogP contribution >= 0.6 is 0 Å². The molecule has 3 rings (SSSR count). The molecule has 0 aromatic heterocycles. The summed E-state index contributed by atoms with van der Waals surface area (Å²) in [6.45, 7) is 4.23. The Balaban J connectivity index is 1.49. The predicted octanol–water partition coefficient (Wildman–Crippen LogP) is 2.76. The Morgan fingerprint density at radius 1 is 1.19 bits per heavy atom. The number of rotatable bonds is 7. The van der Waals surface area contributed by atoms with Gasteiger partial charge in [0.15, 0.2) is 11.5 Å². The summed E-state index contributed by atoms with van der Waals surface area (Å²) in [7, 11) is 0. The molecule has 0 spiro atoms. The zero-order valence-corrected chi connectivity index (χ0v) is 16.1. The summed E-state index contributed by atoms with van der Waals surface area (Å²) in [5, 5.41) is 3.03. The van der Waals surface area contributed by atoms with E-state index in [1.165, 1.54) is 12.8 Å². The molecule has 1 aromatic carbocycles. The van der Waals surface area contributed by atoms with Crippen LogP contribution in [0.2, 0.25) is 0 Å². The lowest BCUT2D eigenvalue weighted by Gasteiger charge is -2.35. The number of nitrogens with one attached hydrogen (secondary N) is 1. The minimum Gasteiger partial charge on any atom is -0.485 e. The zero-order chi connectivity index (χ0) is 19.1. The number of carbonyl (C=O) groups is 2. The van der Waals surface area contributed by atoms with E-state index in [1.807, 2.05) is 18.2 Å². The van der Waals surface area contributed by atoms with Gasteiger partial charge in [-0.3, -0.25) is 9.59 Å². The number of carbonyl (C=O) groups excluding carboxylic acids is 2. The summed E-state index contributed by atoms with van der Waals surface area (Å²) in [5.74, 6) is 1.10. The minimum atomic E-state index is -0.643. The molecule has 0 bridgehead atoms. The molecule has 6 heteroatoms. The molecule has 1 fully saturated rings. The van der Waals surface area contributed by atoms with E-state index in [4.69, 9.17) is 9.47 Å². The number of unbranched alkanes of at least 4 members (excludes halogenated alkanes) is 3. The molecule has 27 heavy (non-hydrogen) atoms. The van der Waals surface area contributed by atoms with Gasteiger partial charge in [-0.2, -0.15) is 0 Å². The highest BCUT2D eigenvalue weighted by Crippen LogP contribution is 2.31. The quantitative estimate of drug-likeness (QED) is 0.745. The van der Waals surface area contributed by atoms with Crippen LogP contribution in [0, 0.1) is 5.92 Å². The van der Waals surface area contributed by atoms with Gasteiger partial charge in [-0.15, -0.1) is 0 Å². The first-order valence-corrected chi connectivity index (χ1v) is 10.1. The number of hydrogen-bond acceptors (Lipinski definition) is 4. The van der Waals surface area contributed by atoms with Gasteiger partial charge < -0.3 is 19.7 Å². The van der Waals surface area contributed by atoms with Crippen LogP contribution in [0.3, 0.4) is 0 Å². The van der Waals surface area contributed by atoms with E-state index in [0.717, 1.165) is 32.2 Å². The van der Waals surface area contributed by atoms with Crippen molar-refractivity contribution in [1.82, 2.24) is 10.2 Å². The molecule has 1 aromatic rings. The van der Waals surface area contributed by atoms with E-state index in [-0.39, 0.29) is 24.3 Å². The second kappa shape index (κ2) is 9.62. The number of nitrogens with zero attached hydrogens (tertiary/aromatic N) is 1. The molecule has 2 aliphatic heterocycles. The van der Waals surface area contributed by atoms with Crippen molar-refractivity contribution >= 4 is 11.8 Å². The number of amides is 2. The Bertz CT molecular complexity index is 649. The first-order valence-electron chi connectivity index (χ1n) is 10.1. The zero-order valence-electron chi connectivity index (χ0n) is 16.1. The lowest BCUT2D eigenvalue weighted by atomic mass is 9.96. The number of benzene rings is 1. The summed E-state index contributed by atoms with van der Waals surface area (Å²) in [6, 6.07) is 7.37. The number of para-hydroxylation sites is 2. The molecule has 2 atom stereocenters. The highest BCUT2D eigenvalue weighted by molar-refractivity contribution is 5.84. The van der Waals surface area contributed by atoms with Gasteiger partial charge in [0.1, 0.15) is 6.61 Å². The van der Waals surface area contributed by atoms with Crippen LogP contribution in [0.5, 0.6) is 11.5 Å². The number of piperidine rings is 1. The molecule has 1 N–H and O–H groups in total. The monoisotopic (exact) mass is 374 g/mol. The lowest BCUT2D eigenvalue weighted by Crippen LogP contribution is -2.51. The van der Waals surface area contributed by atoms with E-state index in [0.29, 0.717) is 24.6 Å². The fraction of sp³-hybridized carbons (Fsp3) is 0.619. The third-order valence-corrected chi connectivity index (χ3v) is 5.22. The van der Waals surface area contributed by atoms with E-state index >= 15 is 0 Å². The molecule has 2 heterocycles. The van der Waals surface area contributed by atoms with E-state index in [1.54, 1.807) is 11.0 Å². The second-order valence-electron chi connectivity index (χ2n) is 7.34. The van der Waals surface area contributed by atoms with Gasteiger partial charge in [-0.25, -0.2) is 0 Å². The fourth-order valence-electron chi connectivity index (χ4n) is 3.64. The Labute approximate surface area is 161 Å². The number of likely N-dealkylation sites (tertiary alicyclic amines) is 1. The molecule has 2 unspecified atom stereocenters. The maximum atomic E-state index is 12.9. The molecule has 0 aliphatic carbocycles. The van der Waals surface area contributed by atoms with Crippen molar-refractivity contribution in [2.45, 2.75) is 51.6 Å². The van der Waals surface area contributed by atoms with Crippen molar-refractivity contribution < 1.29 is 19.1 Å². The van der Waals surface area contributed by atoms with Gasteiger partial charge in [-0.1, -0.05) is 38.3 Å². The number of hydrogen-bond donors (Lipinski definition) is 1. The normalized spacial score (nSPS) is 21.6. The van der Waals surface area contributed by atoms with Gasteiger partial charge in [0.25, 0.3) is 5.91 Å². The van der Waals surface area contributed by atoms with Crippen LogP contribution in [-0.4, -0.2) is 49.1 Å². The molecular formula is C21H30N2O4. The van der Waals surface area contributed by atoms with Crippen molar-refractivity contribution in [3.63, 3.8) is 0 Å². The van der Waals surface area contributed by atoms with Crippen molar-refractivity contribution in [2.24, 2.45) is 5.92 Å². The van der Waals surface area contributed by atoms with Crippen molar-refractivity contribution in [3.05, 3.63) is 24.3 Å².